The first-order chi connectivity index (χ1) is 7.39. The summed E-state index contributed by atoms with van der Waals surface area (Å²) in [6, 6.07) is 4.23. The molecule has 0 bridgehead atoms. The van der Waals surface area contributed by atoms with Gasteiger partial charge in [-0.15, -0.1) is 0 Å². The van der Waals surface area contributed by atoms with Crippen LogP contribution in [-0.2, 0) is 5.41 Å². The van der Waals surface area contributed by atoms with Crippen molar-refractivity contribution in [2.75, 3.05) is 11.9 Å². The van der Waals surface area contributed by atoms with Gasteiger partial charge >= 0.3 is 0 Å². The molecular weight excluding hydrogens is 196 g/mol. The van der Waals surface area contributed by atoms with E-state index in [-0.39, 0.29) is 5.41 Å². The molecule has 0 saturated carbocycles. The zero-order chi connectivity index (χ0) is 12.2. The van der Waals surface area contributed by atoms with E-state index in [4.69, 9.17) is 0 Å². The van der Waals surface area contributed by atoms with Crippen LogP contribution in [0.3, 0.4) is 0 Å². The van der Waals surface area contributed by atoms with E-state index in [1.54, 1.807) is 0 Å². The highest BCUT2D eigenvalue weighted by molar-refractivity contribution is 5.36. The van der Waals surface area contributed by atoms with E-state index in [0.717, 1.165) is 18.3 Å². The molecule has 1 aromatic heterocycles. The minimum atomic E-state index is 0.184. The fraction of sp³-hybridized carbons (Fsp3) is 0.643. The van der Waals surface area contributed by atoms with Crippen molar-refractivity contribution < 1.29 is 0 Å². The summed E-state index contributed by atoms with van der Waals surface area (Å²) in [6.45, 7) is 12.1. The number of hydrogen-bond acceptors (Lipinski definition) is 2. The smallest absolute Gasteiger partial charge is 0.125 e. The van der Waals surface area contributed by atoms with Crippen molar-refractivity contribution in [2.24, 2.45) is 5.92 Å². The Bertz CT molecular complexity index is 307. The van der Waals surface area contributed by atoms with Crippen LogP contribution in [0.25, 0.3) is 0 Å². The Kier molecular flexibility index (Phi) is 4.34. The minimum absolute atomic E-state index is 0.184. The molecular formula is C14H24N2. The Morgan fingerprint density at radius 3 is 2.38 bits per heavy atom. The molecule has 1 aromatic rings. The third-order valence-corrected chi connectivity index (χ3v) is 2.66. The van der Waals surface area contributed by atoms with Crippen LogP contribution in [0.15, 0.2) is 18.3 Å². The molecule has 0 unspecified atom stereocenters. The summed E-state index contributed by atoms with van der Waals surface area (Å²) >= 11 is 0. The second-order valence-corrected chi connectivity index (χ2v) is 5.79. The molecule has 0 spiro atoms. The maximum atomic E-state index is 4.43. The summed E-state index contributed by atoms with van der Waals surface area (Å²) in [7, 11) is 0. The molecule has 1 heterocycles. The molecule has 2 nitrogen and oxygen atoms in total. The molecule has 2 heteroatoms. The van der Waals surface area contributed by atoms with Crippen LogP contribution in [0.1, 0.15) is 46.6 Å². The van der Waals surface area contributed by atoms with E-state index >= 15 is 0 Å². The van der Waals surface area contributed by atoms with Crippen LogP contribution >= 0.6 is 0 Å². The molecule has 1 rings (SSSR count). The average molecular weight is 220 g/mol. The predicted molar refractivity (Wildman–Crippen MR) is 70.9 cm³/mol. The summed E-state index contributed by atoms with van der Waals surface area (Å²) < 4.78 is 0. The zero-order valence-electron chi connectivity index (χ0n) is 11.2. The lowest BCUT2D eigenvalue weighted by molar-refractivity contribution is 0.587. The Balaban J connectivity index is 2.52. The number of nitrogens with one attached hydrogen (secondary N) is 1. The van der Waals surface area contributed by atoms with Gasteiger partial charge in [0.15, 0.2) is 0 Å². The van der Waals surface area contributed by atoms with Crippen LogP contribution in [0.2, 0.25) is 0 Å². The molecule has 1 N–H and O–H groups in total. The van der Waals surface area contributed by atoms with Crippen molar-refractivity contribution in [1.29, 1.82) is 0 Å². The highest BCUT2D eigenvalue weighted by atomic mass is 15.0. The molecule has 0 aliphatic rings. The number of aromatic nitrogens is 1. The van der Waals surface area contributed by atoms with Crippen LogP contribution < -0.4 is 5.32 Å². The maximum Gasteiger partial charge on any atom is 0.125 e. The summed E-state index contributed by atoms with van der Waals surface area (Å²) in [5.41, 5.74) is 1.46. The van der Waals surface area contributed by atoms with Gasteiger partial charge in [0, 0.05) is 12.7 Å². The highest BCUT2D eigenvalue weighted by Crippen LogP contribution is 2.21. The van der Waals surface area contributed by atoms with Crippen LogP contribution in [0, 0.1) is 5.92 Å². The van der Waals surface area contributed by atoms with E-state index in [0.29, 0.717) is 0 Å². The Morgan fingerprint density at radius 2 is 1.94 bits per heavy atom. The van der Waals surface area contributed by atoms with Gasteiger partial charge < -0.3 is 5.32 Å². The lowest BCUT2D eigenvalue weighted by atomic mass is 9.88. The molecule has 0 saturated heterocycles. The van der Waals surface area contributed by atoms with Crippen molar-refractivity contribution in [2.45, 2.75) is 46.5 Å². The van der Waals surface area contributed by atoms with Crippen molar-refractivity contribution in [3.8, 4) is 0 Å². The van der Waals surface area contributed by atoms with Gasteiger partial charge in [-0.3, -0.25) is 0 Å². The molecule has 0 atom stereocenters. The molecule has 0 aromatic carbocycles. The lowest BCUT2D eigenvalue weighted by Gasteiger charge is -2.18. The second kappa shape index (κ2) is 5.33. The monoisotopic (exact) mass is 220 g/mol. The molecule has 0 fully saturated rings. The third-order valence-electron chi connectivity index (χ3n) is 2.66. The largest absolute Gasteiger partial charge is 0.370 e. The van der Waals surface area contributed by atoms with E-state index in [1.807, 2.05) is 6.20 Å². The van der Waals surface area contributed by atoms with E-state index in [9.17, 15) is 0 Å². The molecule has 0 amide bonds. The van der Waals surface area contributed by atoms with E-state index < -0.39 is 0 Å². The van der Waals surface area contributed by atoms with Gasteiger partial charge in [-0.05, 0) is 29.4 Å². The molecule has 0 radical (unpaired) electrons. The minimum Gasteiger partial charge on any atom is -0.370 e. The summed E-state index contributed by atoms with van der Waals surface area (Å²) in [5.74, 6) is 1.72. The van der Waals surface area contributed by atoms with Crippen LogP contribution in [-0.4, -0.2) is 11.5 Å². The summed E-state index contributed by atoms with van der Waals surface area (Å²) in [5, 5.41) is 3.34. The highest BCUT2D eigenvalue weighted by Gasteiger charge is 2.13. The average Bonchev–Trinajstić information content (AvgIpc) is 2.16. The lowest BCUT2D eigenvalue weighted by Crippen LogP contribution is -2.12. The fourth-order valence-corrected chi connectivity index (χ4v) is 1.43. The van der Waals surface area contributed by atoms with Gasteiger partial charge in [0.1, 0.15) is 5.82 Å². The SMILES string of the molecule is CC(C)CCNc1ccc(C(C)(C)C)cn1. The number of rotatable bonds is 4. The van der Waals surface area contributed by atoms with Crippen molar-refractivity contribution in [3.05, 3.63) is 23.9 Å². The maximum absolute atomic E-state index is 4.43. The van der Waals surface area contributed by atoms with Gasteiger partial charge in [0.25, 0.3) is 0 Å². The van der Waals surface area contributed by atoms with Gasteiger partial charge in [-0.1, -0.05) is 40.7 Å². The normalized spacial score (nSPS) is 11.9. The van der Waals surface area contributed by atoms with Gasteiger partial charge in [-0.25, -0.2) is 4.98 Å². The molecule has 0 aliphatic heterocycles. The topological polar surface area (TPSA) is 24.9 Å². The van der Waals surface area contributed by atoms with E-state index in [2.05, 4.69) is 57.1 Å². The number of nitrogens with zero attached hydrogens (tertiary/aromatic N) is 1. The Morgan fingerprint density at radius 1 is 1.25 bits per heavy atom. The Hall–Kier alpha value is -1.05. The molecule has 16 heavy (non-hydrogen) atoms. The predicted octanol–water partition coefficient (Wildman–Crippen LogP) is 3.84. The first kappa shape index (κ1) is 13.0. The third kappa shape index (κ3) is 4.21. The summed E-state index contributed by atoms with van der Waals surface area (Å²) in [4.78, 5) is 4.43. The standard InChI is InChI=1S/C14H24N2/c1-11(2)8-9-15-13-7-6-12(10-16-13)14(3,4)5/h6-7,10-11H,8-9H2,1-5H3,(H,15,16). The van der Waals surface area contributed by atoms with E-state index in [1.165, 1.54) is 12.0 Å². The zero-order valence-corrected chi connectivity index (χ0v) is 11.2. The Labute approximate surface area is 99.5 Å². The van der Waals surface area contributed by atoms with Crippen molar-refractivity contribution in [1.82, 2.24) is 4.98 Å². The first-order valence-corrected chi connectivity index (χ1v) is 6.10. The quantitative estimate of drug-likeness (QED) is 0.834. The van der Waals surface area contributed by atoms with Gasteiger partial charge in [0.05, 0.1) is 0 Å². The molecule has 0 aliphatic carbocycles. The number of pyridine rings is 1. The van der Waals surface area contributed by atoms with Crippen LogP contribution in [0.4, 0.5) is 5.82 Å². The van der Waals surface area contributed by atoms with Crippen molar-refractivity contribution >= 4 is 5.82 Å². The van der Waals surface area contributed by atoms with Crippen molar-refractivity contribution in [3.63, 3.8) is 0 Å². The van der Waals surface area contributed by atoms with Gasteiger partial charge in [-0.2, -0.15) is 0 Å². The number of anilines is 1. The first-order valence-electron chi connectivity index (χ1n) is 6.10. The van der Waals surface area contributed by atoms with Gasteiger partial charge in [0.2, 0.25) is 0 Å². The number of hydrogen-bond donors (Lipinski definition) is 1. The second-order valence-electron chi connectivity index (χ2n) is 5.79. The summed E-state index contributed by atoms with van der Waals surface area (Å²) in [6.07, 6.45) is 3.15. The molecule has 90 valence electrons. The van der Waals surface area contributed by atoms with Crippen LogP contribution in [0.5, 0.6) is 0 Å². The fourth-order valence-electron chi connectivity index (χ4n) is 1.43.